The van der Waals surface area contributed by atoms with Crippen molar-refractivity contribution in [1.29, 1.82) is 0 Å². The first-order valence-corrected chi connectivity index (χ1v) is 6.80. The molecule has 0 bridgehead atoms. The van der Waals surface area contributed by atoms with Crippen molar-refractivity contribution < 1.29 is 0 Å². The Morgan fingerprint density at radius 1 is 1.41 bits per heavy atom. The summed E-state index contributed by atoms with van der Waals surface area (Å²) < 4.78 is 0. The zero-order chi connectivity index (χ0) is 12.1. The van der Waals surface area contributed by atoms with Gasteiger partial charge in [0.15, 0.2) is 0 Å². The molecule has 1 saturated carbocycles. The molecule has 0 amide bonds. The van der Waals surface area contributed by atoms with Crippen molar-refractivity contribution in [2.24, 2.45) is 5.92 Å². The van der Waals surface area contributed by atoms with Crippen molar-refractivity contribution in [3.05, 3.63) is 23.8 Å². The second-order valence-corrected chi connectivity index (χ2v) is 5.07. The first kappa shape index (κ1) is 12.5. The summed E-state index contributed by atoms with van der Waals surface area (Å²) in [5.41, 5.74) is 1.11. The molecule has 3 nitrogen and oxygen atoms in total. The molecule has 0 aliphatic heterocycles. The van der Waals surface area contributed by atoms with Gasteiger partial charge in [-0.2, -0.15) is 0 Å². The van der Waals surface area contributed by atoms with Crippen molar-refractivity contribution in [3.63, 3.8) is 0 Å². The van der Waals surface area contributed by atoms with Crippen LogP contribution in [-0.2, 0) is 6.54 Å². The highest BCUT2D eigenvalue weighted by Gasteiger charge is 2.23. The van der Waals surface area contributed by atoms with Gasteiger partial charge in [0, 0.05) is 18.7 Å². The second kappa shape index (κ2) is 6.10. The van der Waals surface area contributed by atoms with Gasteiger partial charge in [-0.25, -0.2) is 9.97 Å². The maximum atomic E-state index is 4.68. The standard InChI is InChI=1S/C14H23N3/c1-3-11-5-4-6-12(9-11)14-16-8-7-13(17-14)10-15-2/h7-8,11-12,15H,3-6,9-10H2,1-2H3. The highest BCUT2D eigenvalue weighted by atomic mass is 14.9. The average Bonchev–Trinajstić information content (AvgIpc) is 2.40. The largest absolute Gasteiger partial charge is 0.314 e. The minimum Gasteiger partial charge on any atom is -0.314 e. The van der Waals surface area contributed by atoms with Crippen LogP contribution in [0.5, 0.6) is 0 Å². The fraction of sp³-hybridized carbons (Fsp3) is 0.714. The topological polar surface area (TPSA) is 37.8 Å². The van der Waals surface area contributed by atoms with Crippen molar-refractivity contribution in [3.8, 4) is 0 Å². The number of hydrogen-bond acceptors (Lipinski definition) is 3. The van der Waals surface area contributed by atoms with E-state index in [2.05, 4.69) is 22.2 Å². The van der Waals surface area contributed by atoms with E-state index in [-0.39, 0.29) is 0 Å². The molecule has 17 heavy (non-hydrogen) atoms. The van der Waals surface area contributed by atoms with Gasteiger partial charge in [0.2, 0.25) is 0 Å². The monoisotopic (exact) mass is 233 g/mol. The molecule has 1 N–H and O–H groups in total. The Morgan fingerprint density at radius 3 is 3.06 bits per heavy atom. The SMILES string of the molecule is CCC1CCCC(c2nccc(CNC)n2)C1. The van der Waals surface area contributed by atoms with Gasteiger partial charge < -0.3 is 5.32 Å². The fourth-order valence-corrected chi connectivity index (χ4v) is 2.79. The van der Waals surface area contributed by atoms with Crippen molar-refractivity contribution in [2.45, 2.75) is 51.5 Å². The molecule has 1 heterocycles. The van der Waals surface area contributed by atoms with E-state index >= 15 is 0 Å². The summed E-state index contributed by atoms with van der Waals surface area (Å²) in [6, 6.07) is 2.00. The molecular formula is C14H23N3. The van der Waals surface area contributed by atoms with Gasteiger partial charge in [0.25, 0.3) is 0 Å². The van der Waals surface area contributed by atoms with E-state index in [4.69, 9.17) is 0 Å². The van der Waals surface area contributed by atoms with E-state index < -0.39 is 0 Å². The Morgan fingerprint density at radius 2 is 2.29 bits per heavy atom. The molecule has 0 spiro atoms. The molecule has 3 heteroatoms. The number of rotatable bonds is 4. The molecule has 1 aliphatic carbocycles. The molecule has 0 aromatic carbocycles. The maximum Gasteiger partial charge on any atom is 0.131 e. The highest BCUT2D eigenvalue weighted by Crippen LogP contribution is 2.35. The smallest absolute Gasteiger partial charge is 0.131 e. The van der Waals surface area contributed by atoms with Crippen LogP contribution in [0.4, 0.5) is 0 Å². The van der Waals surface area contributed by atoms with E-state index in [1.807, 2.05) is 19.3 Å². The summed E-state index contributed by atoms with van der Waals surface area (Å²) in [6.45, 7) is 3.13. The van der Waals surface area contributed by atoms with Gasteiger partial charge >= 0.3 is 0 Å². The summed E-state index contributed by atoms with van der Waals surface area (Å²) in [4.78, 5) is 9.16. The molecule has 1 fully saturated rings. The maximum absolute atomic E-state index is 4.68. The predicted molar refractivity (Wildman–Crippen MR) is 69.8 cm³/mol. The van der Waals surface area contributed by atoms with Crippen LogP contribution in [-0.4, -0.2) is 17.0 Å². The van der Waals surface area contributed by atoms with Gasteiger partial charge in [-0.05, 0) is 31.9 Å². The zero-order valence-electron chi connectivity index (χ0n) is 10.9. The molecule has 0 saturated heterocycles. The van der Waals surface area contributed by atoms with Crippen LogP contribution in [0.15, 0.2) is 12.3 Å². The first-order chi connectivity index (χ1) is 8.33. The van der Waals surface area contributed by atoms with Gasteiger partial charge in [-0.1, -0.05) is 26.2 Å². The molecule has 1 aliphatic rings. The summed E-state index contributed by atoms with van der Waals surface area (Å²) in [7, 11) is 1.95. The molecule has 1 aromatic rings. The summed E-state index contributed by atoms with van der Waals surface area (Å²) in [5.74, 6) is 2.53. The Labute approximate surface area is 104 Å². The number of nitrogens with zero attached hydrogens (tertiary/aromatic N) is 2. The van der Waals surface area contributed by atoms with Crippen LogP contribution in [0.25, 0.3) is 0 Å². The summed E-state index contributed by atoms with van der Waals surface area (Å²) >= 11 is 0. The lowest BCUT2D eigenvalue weighted by atomic mass is 9.80. The van der Waals surface area contributed by atoms with E-state index in [9.17, 15) is 0 Å². The molecule has 1 aromatic heterocycles. The second-order valence-electron chi connectivity index (χ2n) is 5.07. The van der Waals surface area contributed by atoms with Crippen molar-refractivity contribution in [1.82, 2.24) is 15.3 Å². The Balaban J connectivity index is 2.07. The first-order valence-electron chi connectivity index (χ1n) is 6.80. The molecule has 2 atom stereocenters. The minimum absolute atomic E-state index is 0.588. The van der Waals surface area contributed by atoms with E-state index in [0.717, 1.165) is 24.0 Å². The summed E-state index contributed by atoms with van der Waals surface area (Å²) in [6.07, 6.45) is 8.47. The van der Waals surface area contributed by atoms with Crippen molar-refractivity contribution >= 4 is 0 Å². The third-order valence-electron chi connectivity index (χ3n) is 3.82. The number of aromatic nitrogens is 2. The van der Waals surface area contributed by atoms with Crippen LogP contribution in [0.1, 0.15) is 56.5 Å². The van der Waals surface area contributed by atoms with Crippen LogP contribution in [0.2, 0.25) is 0 Å². The normalized spacial score (nSPS) is 24.8. The lowest BCUT2D eigenvalue weighted by molar-refractivity contribution is 0.307. The molecule has 2 rings (SSSR count). The summed E-state index contributed by atoms with van der Waals surface area (Å²) in [5, 5.41) is 3.14. The van der Waals surface area contributed by atoms with Crippen LogP contribution in [0.3, 0.4) is 0 Å². The molecule has 0 radical (unpaired) electrons. The number of nitrogens with one attached hydrogen (secondary N) is 1. The quantitative estimate of drug-likeness (QED) is 0.869. The van der Waals surface area contributed by atoms with Gasteiger partial charge in [0.05, 0.1) is 5.69 Å². The van der Waals surface area contributed by atoms with E-state index in [1.165, 1.54) is 32.1 Å². The Hall–Kier alpha value is -0.960. The molecule has 2 unspecified atom stereocenters. The van der Waals surface area contributed by atoms with E-state index in [0.29, 0.717) is 5.92 Å². The third kappa shape index (κ3) is 3.25. The zero-order valence-corrected chi connectivity index (χ0v) is 10.9. The number of hydrogen-bond donors (Lipinski definition) is 1. The van der Waals surface area contributed by atoms with Gasteiger partial charge in [0.1, 0.15) is 5.82 Å². The Kier molecular flexibility index (Phi) is 4.49. The van der Waals surface area contributed by atoms with Crippen LogP contribution >= 0.6 is 0 Å². The van der Waals surface area contributed by atoms with Crippen molar-refractivity contribution in [2.75, 3.05) is 7.05 Å². The van der Waals surface area contributed by atoms with E-state index in [1.54, 1.807) is 0 Å². The van der Waals surface area contributed by atoms with Crippen LogP contribution in [0, 0.1) is 5.92 Å². The van der Waals surface area contributed by atoms with Crippen LogP contribution < -0.4 is 5.32 Å². The predicted octanol–water partition coefficient (Wildman–Crippen LogP) is 2.88. The van der Waals surface area contributed by atoms with Gasteiger partial charge in [-0.3, -0.25) is 0 Å². The minimum atomic E-state index is 0.588. The third-order valence-corrected chi connectivity index (χ3v) is 3.82. The molecular weight excluding hydrogens is 210 g/mol. The average molecular weight is 233 g/mol. The fourth-order valence-electron chi connectivity index (χ4n) is 2.79. The Bertz CT molecular complexity index is 351. The molecule has 94 valence electrons. The highest BCUT2D eigenvalue weighted by molar-refractivity contribution is 5.06. The lowest BCUT2D eigenvalue weighted by Gasteiger charge is -2.27. The van der Waals surface area contributed by atoms with Gasteiger partial charge in [-0.15, -0.1) is 0 Å². The lowest BCUT2D eigenvalue weighted by Crippen LogP contribution is -2.17.